The Balaban J connectivity index is 1.48. The predicted octanol–water partition coefficient (Wildman–Crippen LogP) is 1.09. The molecular formula is C19H22N4O5. The summed E-state index contributed by atoms with van der Waals surface area (Å²) in [6.45, 7) is 1.28. The summed E-state index contributed by atoms with van der Waals surface area (Å²) in [4.78, 5) is 51.4. The van der Waals surface area contributed by atoms with Gasteiger partial charge < -0.3 is 10.1 Å². The van der Waals surface area contributed by atoms with Gasteiger partial charge in [0.25, 0.3) is 17.7 Å². The highest BCUT2D eigenvalue weighted by Gasteiger charge is 2.52. The largest absolute Gasteiger partial charge is 0.479 e. The highest BCUT2D eigenvalue weighted by Crippen LogP contribution is 2.34. The Morgan fingerprint density at radius 2 is 1.93 bits per heavy atom. The first-order valence-electron chi connectivity index (χ1n) is 9.44. The van der Waals surface area contributed by atoms with E-state index in [1.165, 1.54) is 4.90 Å². The van der Waals surface area contributed by atoms with Crippen molar-refractivity contribution in [1.29, 1.82) is 0 Å². The molecule has 2 N–H and O–H groups in total. The second-order valence-corrected chi connectivity index (χ2v) is 7.40. The van der Waals surface area contributed by atoms with Gasteiger partial charge >= 0.3 is 6.03 Å². The number of carbonyl (C=O) groups is 4. The number of anilines is 1. The van der Waals surface area contributed by atoms with Crippen molar-refractivity contribution in [2.24, 2.45) is 0 Å². The number of fused-ring (bicyclic) bond motifs is 1. The lowest BCUT2D eigenvalue weighted by Gasteiger charge is -2.33. The topological polar surface area (TPSA) is 108 Å². The molecule has 1 aliphatic carbocycles. The number of imide groups is 1. The number of nitrogens with one attached hydrogen (secondary N) is 2. The quantitative estimate of drug-likeness (QED) is 0.756. The molecule has 1 spiro atoms. The van der Waals surface area contributed by atoms with Gasteiger partial charge in [0.15, 0.2) is 6.10 Å². The summed E-state index contributed by atoms with van der Waals surface area (Å²) < 4.78 is 5.55. The minimum atomic E-state index is -0.918. The van der Waals surface area contributed by atoms with Gasteiger partial charge in [-0.2, -0.15) is 5.01 Å². The van der Waals surface area contributed by atoms with Crippen LogP contribution in [0.1, 0.15) is 39.0 Å². The lowest BCUT2D eigenvalue weighted by molar-refractivity contribution is -0.139. The molecule has 1 aromatic carbocycles. The van der Waals surface area contributed by atoms with Gasteiger partial charge in [-0.15, -0.1) is 0 Å². The fourth-order valence-corrected chi connectivity index (χ4v) is 4.04. The van der Waals surface area contributed by atoms with E-state index in [1.807, 2.05) is 0 Å². The van der Waals surface area contributed by atoms with Crippen molar-refractivity contribution in [2.45, 2.75) is 50.7 Å². The molecule has 2 aliphatic heterocycles. The Labute approximate surface area is 162 Å². The Bertz CT molecular complexity index is 848. The molecule has 0 bridgehead atoms. The molecule has 2 fully saturated rings. The van der Waals surface area contributed by atoms with Crippen molar-refractivity contribution in [3.63, 3.8) is 0 Å². The van der Waals surface area contributed by atoms with Crippen LogP contribution in [-0.2, 0) is 14.4 Å². The van der Waals surface area contributed by atoms with Gasteiger partial charge in [-0.25, -0.2) is 4.79 Å². The molecule has 0 aromatic heterocycles. The number of carbonyl (C=O) groups excluding carboxylic acids is 4. The van der Waals surface area contributed by atoms with Crippen LogP contribution in [0.4, 0.5) is 10.5 Å². The van der Waals surface area contributed by atoms with Crippen LogP contribution in [0.2, 0.25) is 0 Å². The smallest absolute Gasteiger partial charge is 0.344 e. The number of hydrogen-bond acceptors (Lipinski definition) is 5. The lowest BCUT2D eigenvalue weighted by Crippen LogP contribution is -2.54. The van der Waals surface area contributed by atoms with Crippen LogP contribution in [-0.4, -0.2) is 46.9 Å². The van der Waals surface area contributed by atoms with Gasteiger partial charge in [0, 0.05) is 0 Å². The monoisotopic (exact) mass is 386 g/mol. The van der Waals surface area contributed by atoms with E-state index < -0.39 is 29.5 Å². The summed E-state index contributed by atoms with van der Waals surface area (Å²) in [5.41, 5.74) is 1.92. The maximum absolute atomic E-state index is 12.8. The van der Waals surface area contributed by atoms with Crippen molar-refractivity contribution in [1.82, 2.24) is 15.8 Å². The molecule has 1 aromatic rings. The first kappa shape index (κ1) is 18.3. The van der Waals surface area contributed by atoms with E-state index in [0.717, 1.165) is 24.3 Å². The summed E-state index contributed by atoms with van der Waals surface area (Å²) in [5.74, 6) is -0.936. The van der Waals surface area contributed by atoms with E-state index in [4.69, 9.17) is 4.74 Å². The van der Waals surface area contributed by atoms with E-state index in [-0.39, 0.29) is 12.5 Å². The van der Waals surface area contributed by atoms with Crippen LogP contribution in [0.3, 0.4) is 0 Å². The third-order valence-corrected chi connectivity index (χ3v) is 5.48. The molecular weight excluding hydrogens is 364 g/mol. The van der Waals surface area contributed by atoms with Crippen molar-refractivity contribution in [3.05, 3.63) is 24.3 Å². The number of hydrazine groups is 1. The SMILES string of the molecule is CC1Oc2ccccc2N(CC(=O)NN2C(=O)NC3(CCCCC3)C2=O)C1=O. The molecule has 0 radical (unpaired) electrons. The van der Waals surface area contributed by atoms with Crippen molar-refractivity contribution < 1.29 is 23.9 Å². The second kappa shape index (κ2) is 6.81. The molecule has 2 heterocycles. The molecule has 9 nitrogen and oxygen atoms in total. The van der Waals surface area contributed by atoms with Crippen LogP contribution in [0.25, 0.3) is 0 Å². The zero-order valence-electron chi connectivity index (χ0n) is 15.6. The Morgan fingerprint density at radius 3 is 2.68 bits per heavy atom. The molecule has 4 rings (SSSR count). The number of hydrogen-bond donors (Lipinski definition) is 2. The second-order valence-electron chi connectivity index (χ2n) is 7.40. The first-order chi connectivity index (χ1) is 13.4. The number of amides is 5. The Hall–Kier alpha value is -3.10. The van der Waals surface area contributed by atoms with Crippen LogP contribution in [0, 0.1) is 0 Å². The minimum Gasteiger partial charge on any atom is -0.479 e. The number of para-hydroxylation sites is 2. The summed E-state index contributed by atoms with van der Waals surface area (Å²) in [6.07, 6.45) is 3.13. The van der Waals surface area contributed by atoms with Crippen molar-refractivity contribution >= 4 is 29.4 Å². The number of ether oxygens (including phenoxy) is 1. The van der Waals surface area contributed by atoms with Crippen LogP contribution in [0.5, 0.6) is 5.75 Å². The van der Waals surface area contributed by atoms with Crippen molar-refractivity contribution in [3.8, 4) is 5.75 Å². The highest BCUT2D eigenvalue weighted by molar-refractivity contribution is 6.09. The fraction of sp³-hybridized carbons (Fsp3) is 0.474. The molecule has 1 atom stereocenters. The number of urea groups is 1. The molecule has 5 amide bonds. The molecule has 148 valence electrons. The first-order valence-corrected chi connectivity index (χ1v) is 9.44. The van der Waals surface area contributed by atoms with Crippen LogP contribution >= 0.6 is 0 Å². The summed E-state index contributed by atoms with van der Waals surface area (Å²) in [7, 11) is 0. The highest BCUT2D eigenvalue weighted by atomic mass is 16.5. The Morgan fingerprint density at radius 1 is 1.21 bits per heavy atom. The zero-order valence-corrected chi connectivity index (χ0v) is 15.6. The van der Waals surface area contributed by atoms with E-state index in [2.05, 4.69) is 10.7 Å². The van der Waals surface area contributed by atoms with Gasteiger partial charge in [0.05, 0.1) is 5.69 Å². The average molecular weight is 386 g/mol. The summed E-state index contributed by atoms with van der Waals surface area (Å²) in [5, 5.41) is 3.48. The van der Waals surface area contributed by atoms with Crippen LogP contribution in [0.15, 0.2) is 24.3 Å². The standard InChI is InChI=1S/C19H22N4O5/c1-12-16(25)22(13-7-3-4-8-14(13)28-12)11-15(24)21-23-17(26)19(20-18(23)27)9-5-2-6-10-19/h3-4,7-8,12H,2,5-6,9-11H2,1H3,(H,20,27)(H,21,24). The third kappa shape index (κ3) is 2.96. The molecule has 1 saturated carbocycles. The lowest BCUT2D eigenvalue weighted by atomic mass is 9.82. The predicted molar refractivity (Wildman–Crippen MR) is 98.2 cm³/mol. The zero-order chi connectivity index (χ0) is 19.9. The molecule has 9 heteroatoms. The van der Waals surface area contributed by atoms with Crippen molar-refractivity contribution in [2.75, 3.05) is 11.4 Å². The maximum Gasteiger partial charge on any atom is 0.344 e. The molecule has 28 heavy (non-hydrogen) atoms. The molecule has 3 aliphatic rings. The molecule has 1 unspecified atom stereocenters. The van der Waals surface area contributed by atoms with E-state index in [9.17, 15) is 19.2 Å². The van der Waals surface area contributed by atoms with E-state index >= 15 is 0 Å². The minimum absolute atomic E-state index is 0.326. The number of nitrogens with zero attached hydrogens (tertiary/aromatic N) is 2. The van der Waals surface area contributed by atoms with Gasteiger partial charge in [0.2, 0.25) is 0 Å². The third-order valence-electron chi connectivity index (χ3n) is 5.48. The summed E-state index contributed by atoms with van der Waals surface area (Å²) >= 11 is 0. The summed E-state index contributed by atoms with van der Waals surface area (Å²) in [6, 6.07) is 6.27. The Kier molecular flexibility index (Phi) is 4.44. The van der Waals surface area contributed by atoms with Gasteiger partial charge in [0.1, 0.15) is 17.8 Å². The normalized spacial score (nSPS) is 23.3. The van der Waals surface area contributed by atoms with E-state index in [0.29, 0.717) is 24.3 Å². The maximum atomic E-state index is 12.8. The number of benzene rings is 1. The molecule has 1 saturated heterocycles. The fourth-order valence-electron chi connectivity index (χ4n) is 4.04. The number of rotatable bonds is 3. The van der Waals surface area contributed by atoms with E-state index in [1.54, 1.807) is 31.2 Å². The van der Waals surface area contributed by atoms with Crippen LogP contribution < -0.4 is 20.4 Å². The van der Waals surface area contributed by atoms with Gasteiger partial charge in [-0.1, -0.05) is 31.4 Å². The van der Waals surface area contributed by atoms with Gasteiger partial charge in [-0.3, -0.25) is 24.7 Å². The average Bonchev–Trinajstić information content (AvgIpc) is 2.90. The van der Waals surface area contributed by atoms with Gasteiger partial charge in [-0.05, 0) is 31.9 Å².